The molecule has 0 aliphatic heterocycles. The van der Waals surface area contributed by atoms with Crippen LogP contribution in [0.2, 0.25) is 5.02 Å². The summed E-state index contributed by atoms with van der Waals surface area (Å²) in [6.07, 6.45) is 0. The molecule has 0 saturated heterocycles. The van der Waals surface area contributed by atoms with Gasteiger partial charge in [0, 0.05) is 16.1 Å². The highest BCUT2D eigenvalue weighted by atomic mass is 35.5. The zero-order chi connectivity index (χ0) is 13.0. The molecule has 4 heteroatoms. The maximum Gasteiger partial charge on any atom is 0.258 e. The molecule has 0 aromatic heterocycles. The minimum absolute atomic E-state index is 0.354. The van der Waals surface area contributed by atoms with Crippen molar-refractivity contribution in [2.75, 3.05) is 0 Å². The fourth-order valence-corrected chi connectivity index (χ4v) is 1.66. The van der Waals surface area contributed by atoms with Crippen LogP contribution in [-0.4, -0.2) is 11.8 Å². The minimum atomic E-state index is -0.466. The van der Waals surface area contributed by atoms with Gasteiger partial charge in [-0.25, -0.2) is 0 Å². The standard InChI is InChI=1S/C14H10ClNO2/c15-12-8-4-7-11(9-12)14(18)16-13(17)10-5-2-1-3-6-10/h1-9H,(H,16,17,18). The molecule has 90 valence electrons. The van der Waals surface area contributed by atoms with Crippen LogP contribution in [0.5, 0.6) is 0 Å². The van der Waals surface area contributed by atoms with Gasteiger partial charge in [-0.05, 0) is 30.3 Å². The van der Waals surface area contributed by atoms with E-state index >= 15 is 0 Å². The van der Waals surface area contributed by atoms with Crippen molar-refractivity contribution in [2.24, 2.45) is 0 Å². The van der Waals surface area contributed by atoms with Gasteiger partial charge in [0.15, 0.2) is 0 Å². The molecule has 3 nitrogen and oxygen atoms in total. The van der Waals surface area contributed by atoms with Gasteiger partial charge >= 0.3 is 0 Å². The molecule has 0 bridgehead atoms. The van der Waals surface area contributed by atoms with E-state index in [1.54, 1.807) is 48.5 Å². The van der Waals surface area contributed by atoms with Gasteiger partial charge in [-0.3, -0.25) is 14.9 Å². The lowest BCUT2D eigenvalue weighted by molar-refractivity contribution is 0.0849. The second-order valence-corrected chi connectivity index (χ2v) is 4.10. The van der Waals surface area contributed by atoms with Gasteiger partial charge < -0.3 is 0 Å². The maximum absolute atomic E-state index is 11.8. The highest BCUT2D eigenvalue weighted by Crippen LogP contribution is 2.10. The summed E-state index contributed by atoms with van der Waals surface area (Å²) in [5, 5.41) is 2.76. The minimum Gasteiger partial charge on any atom is -0.288 e. The van der Waals surface area contributed by atoms with Crippen molar-refractivity contribution in [1.29, 1.82) is 0 Å². The van der Waals surface area contributed by atoms with Gasteiger partial charge in [-0.1, -0.05) is 35.9 Å². The van der Waals surface area contributed by atoms with E-state index in [4.69, 9.17) is 11.6 Å². The van der Waals surface area contributed by atoms with Gasteiger partial charge in [-0.2, -0.15) is 0 Å². The molecule has 0 atom stereocenters. The van der Waals surface area contributed by atoms with Gasteiger partial charge in [0.05, 0.1) is 0 Å². The van der Waals surface area contributed by atoms with Crippen molar-refractivity contribution >= 4 is 23.4 Å². The molecule has 0 saturated carbocycles. The fourth-order valence-electron chi connectivity index (χ4n) is 1.47. The van der Waals surface area contributed by atoms with Crippen LogP contribution in [0.1, 0.15) is 20.7 Å². The summed E-state index contributed by atoms with van der Waals surface area (Å²) in [6.45, 7) is 0. The van der Waals surface area contributed by atoms with E-state index in [-0.39, 0.29) is 0 Å². The first kappa shape index (κ1) is 12.3. The van der Waals surface area contributed by atoms with E-state index in [2.05, 4.69) is 5.32 Å². The van der Waals surface area contributed by atoms with Crippen molar-refractivity contribution in [2.45, 2.75) is 0 Å². The number of hydrogen-bond donors (Lipinski definition) is 1. The van der Waals surface area contributed by atoms with E-state index in [1.165, 1.54) is 6.07 Å². The van der Waals surface area contributed by atoms with Crippen LogP contribution in [0, 0.1) is 0 Å². The number of carbonyl (C=O) groups is 2. The Morgan fingerprint density at radius 2 is 1.44 bits per heavy atom. The molecule has 2 amide bonds. The quantitative estimate of drug-likeness (QED) is 0.843. The van der Waals surface area contributed by atoms with Crippen LogP contribution in [0.3, 0.4) is 0 Å². The van der Waals surface area contributed by atoms with Gasteiger partial charge in [0.2, 0.25) is 0 Å². The number of halogens is 1. The summed E-state index contributed by atoms with van der Waals surface area (Å²) in [6, 6.07) is 15.0. The topological polar surface area (TPSA) is 46.2 Å². The molecule has 0 aliphatic rings. The molecule has 0 aliphatic carbocycles. The summed E-state index contributed by atoms with van der Waals surface area (Å²) in [7, 11) is 0. The number of nitrogens with one attached hydrogen (secondary N) is 1. The van der Waals surface area contributed by atoms with Crippen LogP contribution in [0.25, 0.3) is 0 Å². The number of rotatable bonds is 2. The lowest BCUT2D eigenvalue weighted by atomic mass is 10.2. The molecule has 2 aromatic carbocycles. The van der Waals surface area contributed by atoms with Crippen molar-refractivity contribution in [3.8, 4) is 0 Å². The average Bonchev–Trinajstić information content (AvgIpc) is 2.39. The molecule has 18 heavy (non-hydrogen) atoms. The van der Waals surface area contributed by atoms with Gasteiger partial charge in [0.25, 0.3) is 11.8 Å². The Balaban J connectivity index is 2.11. The molecule has 0 radical (unpaired) electrons. The van der Waals surface area contributed by atoms with Crippen LogP contribution in [0.4, 0.5) is 0 Å². The van der Waals surface area contributed by atoms with E-state index in [0.717, 1.165) is 0 Å². The van der Waals surface area contributed by atoms with Crippen molar-refractivity contribution in [1.82, 2.24) is 5.32 Å². The molecule has 0 unspecified atom stereocenters. The monoisotopic (exact) mass is 259 g/mol. The Morgan fingerprint density at radius 1 is 0.833 bits per heavy atom. The largest absolute Gasteiger partial charge is 0.288 e. The highest BCUT2D eigenvalue weighted by molar-refractivity contribution is 6.31. The van der Waals surface area contributed by atoms with Gasteiger partial charge in [-0.15, -0.1) is 0 Å². The first-order chi connectivity index (χ1) is 8.66. The van der Waals surface area contributed by atoms with Crippen LogP contribution in [0.15, 0.2) is 54.6 Å². The highest BCUT2D eigenvalue weighted by Gasteiger charge is 2.11. The van der Waals surface area contributed by atoms with E-state index in [0.29, 0.717) is 16.1 Å². The summed E-state index contributed by atoms with van der Waals surface area (Å²) >= 11 is 5.78. The number of imide groups is 1. The average molecular weight is 260 g/mol. The third-order valence-corrected chi connectivity index (χ3v) is 2.58. The molecule has 1 N–H and O–H groups in total. The summed E-state index contributed by atoms with van der Waals surface area (Å²) in [5.41, 5.74) is 0.791. The smallest absolute Gasteiger partial charge is 0.258 e. The Labute approximate surface area is 109 Å². The summed E-state index contributed by atoms with van der Waals surface area (Å²) < 4.78 is 0. The van der Waals surface area contributed by atoms with E-state index in [1.807, 2.05) is 0 Å². The third kappa shape index (κ3) is 2.96. The predicted octanol–water partition coefficient (Wildman–Crippen LogP) is 2.91. The number of hydrogen-bond acceptors (Lipinski definition) is 2. The second-order valence-electron chi connectivity index (χ2n) is 3.66. The summed E-state index contributed by atoms with van der Waals surface area (Å²) in [4.78, 5) is 23.5. The van der Waals surface area contributed by atoms with E-state index in [9.17, 15) is 9.59 Å². The Morgan fingerprint density at radius 3 is 2.11 bits per heavy atom. The molecule has 0 heterocycles. The zero-order valence-electron chi connectivity index (χ0n) is 9.39. The predicted molar refractivity (Wildman–Crippen MR) is 69.7 cm³/mol. The molecule has 0 fully saturated rings. The lowest BCUT2D eigenvalue weighted by Crippen LogP contribution is -2.30. The summed E-state index contributed by atoms with van der Waals surface area (Å²) in [5.74, 6) is -0.896. The number of carbonyl (C=O) groups excluding carboxylic acids is 2. The molecule has 0 spiro atoms. The fraction of sp³-hybridized carbons (Fsp3) is 0. The van der Waals surface area contributed by atoms with Gasteiger partial charge in [0.1, 0.15) is 0 Å². The third-order valence-electron chi connectivity index (χ3n) is 2.35. The molecular weight excluding hydrogens is 250 g/mol. The second kappa shape index (κ2) is 5.47. The van der Waals surface area contributed by atoms with E-state index < -0.39 is 11.8 Å². The van der Waals surface area contributed by atoms with Crippen molar-refractivity contribution in [3.63, 3.8) is 0 Å². The Kier molecular flexibility index (Phi) is 3.75. The SMILES string of the molecule is O=C(NC(=O)c1cccc(Cl)c1)c1ccccc1. The molecule has 2 aromatic rings. The normalized spacial score (nSPS) is 9.83. The Hall–Kier alpha value is -2.13. The van der Waals surface area contributed by atoms with Crippen LogP contribution >= 0.6 is 11.6 Å². The molecule has 2 rings (SSSR count). The zero-order valence-corrected chi connectivity index (χ0v) is 10.1. The van der Waals surface area contributed by atoms with Crippen molar-refractivity contribution < 1.29 is 9.59 Å². The maximum atomic E-state index is 11.8. The lowest BCUT2D eigenvalue weighted by Gasteiger charge is -2.04. The number of amides is 2. The Bertz CT molecular complexity index is 581. The first-order valence-electron chi connectivity index (χ1n) is 5.33. The van der Waals surface area contributed by atoms with Crippen LogP contribution in [-0.2, 0) is 0 Å². The van der Waals surface area contributed by atoms with Crippen molar-refractivity contribution in [3.05, 3.63) is 70.7 Å². The van der Waals surface area contributed by atoms with Crippen LogP contribution < -0.4 is 5.32 Å². The molecular formula is C14H10ClNO2. The first-order valence-corrected chi connectivity index (χ1v) is 5.71. The number of benzene rings is 2.